The van der Waals surface area contributed by atoms with Crippen molar-refractivity contribution >= 4 is 17.3 Å². The first-order chi connectivity index (χ1) is 9.78. The Balaban J connectivity index is 2.31. The second-order valence-electron chi connectivity index (χ2n) is 4.74. The zero-order valence-corrected chi connectivity index (χ0v) is 10.7. The Hall–Kier alpha value is -2.16. The van der Waals surface area contributed by atoms with Crippen molar-refractivity contribution in [2.45, 2.75) is 12.6 Å². The highest BCUT2D eigenvalue weighted by atomic mass is 19.4. The van der Waals surface area contributed by atoms with Crippen LogP contribution in [-0.2, 0) is 4.79 Å². The molecule has 0 spiro atoms. The van der Waals surface area contributed by atoms with Crippen molar-refractivity contribution in [2.75, 3.05) is 18.4 Å². The summed E-state index contributed by atoms with van der Waals surface area (Å²) < 4.78 is 39.6. The van der Waals surface area contributed by atoms with Crippen molar-refractivity contribution in [3.05, 3.63) is 34.4 Å². The second kappa shape index (κ2) is 5.32. The van der Waals surface area contributed by atoms with Crippen LogP contribution in [0.15, 0.2) is 24.3 Å². The molecule has 0 saturated carbocycles. The van der Waals surface area contributed by atoms with Crippen molar-refractivity contribution < 1.29 is 22.9 Å². The van der Waals surface area contributed by atoms with Gasteiger partial charge in [0.2, 0.25) is 5.91 Å². The summed E-state index contributed by atoms with van der Waals surface area (Å²) >= 11 is 0. The molecule has 1 aliphatic heterocycles. The molecule has 1 aromatic rings. The normalized spacial score (nSPS) is 22.0. The number of nitrogens with one attached hydrogen (secondary N) is 2. The quantitative estimate of drug-likeness (QED) is 0.661. The van der Waals surface area contributed by atoms with E-state index in [1.165, 1.54) is 18.2 Å². The van der Waals surface area contributed by atoms with E-state index in [9.17, 15) is 28.1 Å². The molecule has 9 heteroatoms. The van der Waals surface area contributed by atoms with E-state index < -0.39 is 41.1 Å². The third-order valence-corrected chi connectivity index (χ3v) is 3.48. The predicted octanol–water partition coefficient (Wildman–Crippen LogP) is 2.08. The molecular weight excluding hydrogens is 291 g/mol. The molecule has 0 bridgehead atoms. The molecule has 1 fully saturated rings. The number of para-hydroxylation sites is 2. The lowest BCUT2D eigenvalue weighted by Crippen LogP contribution is -2.49. The number of anilines is 1. The maximum atomic E-state index is 13.2. The Kier molecular flexibility index (Phi) is 3.86. The van der Waals surface area contributed by atoms with E-state index >= 15 is 0 Å². The summed E-state index contributed by atoms with van der Waals surface area (Å²) in [5.74, 6) is -1.28. The van der Waals surface area contributed by atoms with Gasteiger partial charge in [0.25, 0.3) is 5.69 Å². The van der Waals surface area contributed by atoms with Gasteiger partial charge in [-0.15, -0.1) is 0 Å². The number of nitrogens with zero attached hydrogens (tertiary/aromatic N) is 1. The molecular formula is C12H12F3N3O3. The van der Waals surface area contributed by atoms with Gasteiger partial charge >= 0.3 is 6.18 Å². The fourth-order valence-electron chi connectivity index (χ4n) is 2.24. The highest BCUT2D eigenvalue weighted by Gasteiger charge is 2.61. The number of hydrogen-bond acceptors (Lipinski definition) is 4. The van der Waals surface area contributed by atoms with Gasteiger partial charge in [-0.25, -0.2) is 0 Å². The van der Waals surface area contributed by atoms with E-state index in [1.807, 2.05) is 5.32 Å². The molecule has 6 nitrogen and oxygen atoms in total. The zero-order valence-electron chi connectivity index (χ0n) is 10.7. The Morgan fingerprint density at radius 1 is 1.38 bits per heavy atom. The van der Waals surface area contributed by atoms with Gasteiger partial charge in [-0.2, -0.15) is 13.2 Å². The minimum absolute atomic E-state index is 0.0593. The topological polar surface area (TPSA) is 84.3 Å². The summed E-state index contributed by atoms with van der Waals surface area (Å²) in [5.41, 5.74) is -3.26. The highest BCUT2D eigenvalue weighted by molar-refractivity contribution is 5.98. The van der Waals surface area contributed by atoms with Crippen LogP contribution in [0.5, 0.6) is 0 Å². The lowest BCUT2D eigenvalue weighted by molar-refractivity contribution is -0.383. The second-order valence-corrected chi connectivity index (χ2v) is 4.74. The van der Waals surface area contributed by atoms with Crippen LogP contribution in [0.3, 0.4) is 0 Å². The molecule has 0 radical (unpaired) electrons. The molecule has 1 aromatic carbocycles. The summed E-state index contributed by atoms with van der Waals surface area (Å²) in [4.78, 5) is 22.1. The molecule has 0 aromatic heterocycles. The Labute approximate surface area is 117 Å². The number of benzene rings is 1. The van der Waals surface area contributed by atoms with E-state index in [0.717, 1.165) is 6.07 Å². The van der Waals surface area contributed by atoms with Crippen LogP contribution in [0.4, 0.5) is 24.5 Å². The maximum absolute atomic E-state index is 13.2. The van der Waals surface area contributed by atoms with Gasteiger partial charge in [-0.05, 0) is 19.0 Å². The van der Waals surface area contributed by atoms with Crippen LogP contribution in [0.2, 0.25) is 0 Å². The molecule has 1 saturated heterocycles. The van der Waals surface area contributed by atoms with E-state index in [-0.39, 0.29) is 12.2 Å². The largest absolute Gasteiger partial charge is 0.404 e. The molecule has 1 aliphatic rings. The number of carbonyl (C=O) groups excluding carboxylic acids is 1. The van der Waals surface area contributed by atoms with Crippen molar-refractivity contribution in [3.63, 3.8) is 0 Å². The van der Waals surface area contributed by atoms with Crippen molar-refractivity contribution in [1.29, 1.82) is 0 Å². The molecule has 1 heterocycles. The van der Waals surface area contributed by atoms with Crippen molar-refractivity contribution in [1.82, 2.24) is 5.32 Å². The average molecular weight is 303 g/mol. The lowest BCUT2D eigenvalue weighted by Gasteiger charge is -2.29. The Bertz CT molecular complexity index is 568. The van der Waals surface area contributed by atoms with E-state index in [0.29, 0.717) is 0 Å². The lowest BCUT2D eigenvalue weighted by atomic mass is 9.85. The first-order valence-corrected chi connectivity index (χ1v) is 6.10. The molecule has 114 valence electrons. The van der Waals surface area contributed by atoms with Gasteiger partial charge in [0.05, 0.1) is 4.92 Å². The van der Waals surface area contributed by atoms with Gasteiger partial charge in [0.1, 0.15) is 5.69 Å². The third-order valence-electron chi connectivity index (χ3n) is 3.48. The summed E-state index contributed by atoms with van der Waals surface area (Å²) in [7, 11) is 0. The van der Waals surface area contributed by atoms with Gasteiger partial charge in [-0.1, -0.05) is 12.1 Å². The molecule has 1 amide bonds. The monoisotopic (exact) mass is 303 g/mol. The number of amides is 1. The summed E-state index contributed by atoms with van der Waals surface area (Å²) in [5, 5.41) is 15.4. The van der Waals surface area contributed by atoms with Crippen LogP contribution in [0.25, 0.3) is 0 Å². The van der Waals surface area contributed by atoms with E-state index in [4.69, 9.17) is 0 Å². The van der Waals surface area contributed by atoms with Crippen LogP contribution in [0, 0.1) is 15.5 Å². The van der Waals surface area contributed by atoms with Gasteiger partial charge in [0, 0.05) is 12.6 Å². The third kappa shape index (κ3) is 2.68. The van der Waals surface area contributed by atoms with Crippen LogP contribution in [-0.4, -0.2) is 30.1 Å². The fourth-order valence-corrected chi connectivity index (χ4v) is 2.24. The Morgan fingerprint density at radius 2 is 2.05 bits per heavy atom. The highest BCUT2D eigenvalue weighted by Crippen LogP contribution is 2.44. The first kappa shape index (κ1) is 15.2. The molecule has 2 N–H and O–H groups in total. The van der Waals surface area contributed by atoms with Crippen LogP contribution >= 0.6 is 0 Å². The predicted molar refractivity (Wildman–Crippen MR) is 67.7 cm³/mol. The molecule has 1 unspecified atom stereocenters. The number of halogens is 3. The SMILES string of the molecule is O=C(Nc1ccccc1[N+](=O)[O-])C1(C(F)(F)F)CCNC1. The van der Waals surface area contributed by atoms with Gasteiger partial charge < -0.3 is 10.6 Å². The van der Waals surface area contributed by atoms with E-state index in [1.54, 1.807) is 0 Å². The van der Waals surface area contributed by atoms with Crippen molar-refractivity contribution in [2.24, 2.45) is 5.41 Å². The number of alkyl halides is 3. The number of nitro groups is 1. The van der Waals surface area contributed by atoms with Crippen molar-refractivity contribution in [3.8, 4) is 0 Å². The van der Waals surface area contributed by atoms with Gasteiger partial charge in [0.15, 0.2) is 5.41 Å². The average Bonchev–Trinajstić information content (AvgIpc) is 2.89. The minimum Gasteiger partial charge on any atom is -0.320 e. The first-order valence-electron chi connectivity index (χ1n) is 6.10. The fraction of sp³-hybridized carbons (Fsp3) is 0.417. The molecule has 0 aliphatic carbocycles. The summed E-state index contributed by atoms with van der Waals surface area (Å²) in [6, 6.07) is 5.07. The molecule has 21 heavy (non-hydrogen) atoms. The minimum atomic E-state index is -4.73. The standard InChI is InChI=1S/C12H12F3N3O3/c13-12(14,15)11(5-6-16-7-11)10(19)17-8-3-1-2-4-9(8)18(20)21/h1-4,16H,5-7H2,(H,17,19). The Morgan fingerprint density at radius 3 is 2.57 bits per heavy atom. The summed E-state index contributed by atoms with van der Waals surface area (Å²) in [6.45, 7) is -0.479. The van der Waals surface area contributed by atoms with Crippen LogP contribution in [0.1, 0.15) is 6.42 Å². The zero-order chi connectivity index (χ0) is 15.7. The smallest absolute Gasteiger partial charge is 0.320 e. The van der Waals surface area contributed by atoms with E-state index in [2.05, 4.69) is 5.32 Å². The number of nitro benzene ring substituents is 1. The maximum Gasteiger partial charge on any atom is 0.404 e. The number of hydrogen-bond donors (Lipinski definition) is 2. The van der Waals surface area contributed by atoms with Crippen LogP contribution < -0.4 is 10.6 Å². The number of carbonyl (C=O) groups is 1. The van der Waals surface area contributed by atoms with Gasteiger partial charge in [-0.3, -0.25) is 14.9 Å². The molecule has 2 rings (SSSR count). The summed E-state index contributed by atoms with van der Waals surface area (Å²) in [6.07, 6.45) is -5.13. The number of rotatable bonds is 3. The molecule has 1 atom stereocenters.